The first-order valence-electron chi connectivity index (χ1n) is 5.00. The molecular formula is C10H22O4. The Hall–Kier alpha value is -0.610. The van der Waals surface area contributed by atoms with Crippen LogP contribution in [-0.4, -0.2) is 36.5 Å². The molecule has 0 aromatic heterocycles. The van der Waals surface area contributed by atoms with E-state index < -0.39 is 5.97 Å². The molecular weight excluding hydrogens is 184 g/mol. The van der Waals surface area contributed by atoms with Crippen LogP contribution in [0.25, 0.3) is 0 Å². The highest BCUT2D eigenvalue weighted by Crippen LogP contribution is 1.97. The lowest BCUT2D eigenvalue weighted by Gasteiger charge is -1.89. The normalized spacial score (nSPS) is 9.07. The second kappa shape index (κ2) is 14.9. The number of hydrogen-bond acceptors (Lipinski definition) is 3. The molecule has 0 spiro atoms. The van der Waals surface area contributed by atoms with Crippen LogP contribution in [0.2, 0.25) is 0 Å². The summed E-state index contributed by atoms with van der Waals surface area (Å²) in [7, 11) is 1.62. The van der Waals surface area contributed by atoms with Crippen molar-refractivity contribution in [3.8, 4) is 0 Å². The maximum absolute atomic E-state index is 9.87. The monoisotopic (exact) mass is 206 g/mol. The minimum Gasteiger partial charge on any atom is -0.481 e. The van der Waals surface area contributed by atoms with E-state index in [-0.39, 0.29) is 6.61 Å². The highest BCUT2D eigenvalue weighted by Gasteiger charge is 1.92. The summed E-state index contributed by atoms with van der Waals surface area (Å²) in [6.45, 7) is 2.95. The van der Waals surface area contributed by atoms with Crippen molar-refractivity contribution in [1.82, 2.24) is 0 Å². The van der Waals surface area contributed by atoms with Gasteiger partial charge in [0, 0.05) is 26.7 Å². The van der Waals surface area contributed by atoms with Gasteiger partial charge in [0.2, 0.25) is 0 Å². The van der Waals surface area contributed by atoms with Crippen LogP contribution < -0.4 is 0 Å². The third-order valence-electron chi connectivity index (χ3n) is 1.50. The predicted octanol–water partition coefficient (Wildman–Crippen LogP) is 1.67. The molecule has 0 radical (unpaired) electrons. The van der Waals surface area contributed by atoms with Crippen molar-refractivity contribution in [3.63, 3.8) is 0 Å². The van der Waals surface area contributed by atoms with Crippen LogP contribution in [0.4, 0.5) is 0 Å². The molecule has 0 saturated carbocycles. The zero-order valence-electron chi connectivity index (χ0n) is 9.16. The topological polar surface area (TPSA) is 66.8 Å². The van der Waals surface area contributed by atoms with Crippen molar-refractivity contribution < 1.29 is 19.7 Å². The molecule has 0 aromatic rings. The Morgan fingerprint density at radius 2 is 1.93 bits per heavy atom. The van der Waals surface area contributed by atoms with Crippen molar-refractivity contribution in [2.75, 3.05) is 20.3 Å². The zero-order valence-corrected chi connectivity index (χ0v) is 9.16. The van der Waals surface area contributed by atoms with Crippen molar-refractivity contribution in [3.05, 3.63) is 0 Å². The molecule has 2 N–H and O–H groups in total. The number of carboxylic acid groups (broad SMARTS) is 1. The molecule has 0 saturated heterocycles. The van der Waals surface area contributed by atoms with Gasteiger partial charge < -0.3 is 14.9 Å². The molecule has 4 nitrogen and oxygen atoms in total. The fourth-order valence-electron chi connectivity index (χ4n) is 0.735. The summed E-state index contributed by atoms with van der Waals surface area (Å²) < 4.78 is 4.62. The summed E-state index contributed by atoms with van der Waals surface area (Å²) >= 11 is 0. The summed E-state index contributed by atoms with van der Waals surface area (Å²) in [5.74, 6) is -0.682. The molecule has 0 amide bonds. The number of carbonyl (C=O) groups is 1. The van der Waals surface area contributed by atoms with E-state index in [2.05, 4.69) is 11.7 Å². The van der Waals surface area contributed by atoms with E-state index in [1.807, 2.05) is 0 Å². The third kappa shape index (κ3) is 22.5. The lowest BCUT2D eigenvalue weighted by Crippen LogP contribution is -1.92. The number of methoxy groups -OCH3 is 1. The molecule has 0 atom stereocenters. The first-order valence-corrected chi connectivity index (χ1v) is 5.00. The highest BCUT2D eigenvalue weighted by atomic mass is 16.5. The Morgan fingerprint density at radius 1 is 1.29 bits per heavy atom. The SMILES string of the molecule is CCCCCC(=O)O.COCCCO. The summed E-state index contributed by atoms with van der Waals surface area (Å²) in [5, 5.41) is 16.3. The molecule has 4 heteroatoms. The van der Waals surface area contributed by atoms with Gasteiger partial charge in [0.25, 0.3) is 0 Å². The number of aliphatic hydroxyl groups excluding tert-OH is 1. The molecule has 0 aliphatic carbocycles. The second-order valence-electron chi connectivity index (χ2n) is 2.92. The Kier molecular flexibility index (Phi) is 16.9. The zero-order chi connectivity index (χ0) is 11.2. The average Bonchev–Trinajstić information content (AvgIpc) is 2.16. The standard InChI is InChI=1S/C6H12O2.C4H10O2/c1-2-3-4-5-6(7)8;1-6-4-2-3-5/h2-5H2,1H3,(H,7,8);5H,2-4H2,1H3. The number of rotatable bonds is 7. The van der Waals surface area contributed by atoms with Crippen LogP contribution in [0.5, 0.6) is 0 Å². The maximum Gasteiger partial charge on any atom is 0.303 e. The molecule has 86 valence electrons. The second-order valence-corrected chi connectivity index (χ2v) is 2.92. The van der Waals surface area contributed by atoms with Crippen molar-refractivity contribution in [2.45, 2.75) is 39.0 Å². The van der Waals surface area contributed by atoms with Gasteiger partial charge >= 0.3 is 5.97 Å². The summed E-state index contributed by atoms with van der Waals surface area (Å²) in [5.41, 5.74) is 0. The first kappa shape index (κ1) is 15.8. The number of aliphatic hydroxyl groups is 1. The number of carboxylic acids is 1. The predicted molar refractivity (Wildman–Crippen MR) is 55.4 cm³/mol. The minimum absolute atomic E-state index is 0.230. The molecule has 0 aromatic carbocycles. The van der Waals surface area contributed by atoms with E-state index in [0.717, 1.165) is 25.7 Å². The molecule has 0 bridgehead atoms. The van der Waals surface area contributed by atoms with E-state index in [1.165, 1.54) is 0 Å². The van der Waals surface area contributed by atoms with Crippen LogP contribution in [0.15, 0.2) is 0 Å². The van der Waals surface area contributed by atoms with Gasteiger partial charge in [-0.15, -0.1) is 0 Å². The van der Waals surface area contributed by atoms with Crippen molar-refractivity contribution >= 4 is 5.97 Å². The highest BCUT2D eigenvalue weighted by molar-refractivity contribution is 5.66. The van der Waals surface area contributed by atoms with Crippen LogP contribution in [0.1, 0.15) is 39.0 Å². The fourth-order valence-corrected chi connectivity index (χ4v) is 0.735. The van der Waals surface area contributed by atoms with Crippen LogP contribution in [0.3, 0.4) is 0 Å². The summed E-state index contributed by atoms with van der Waals surface area (Å²) in [6, 6.07) is 0. The quantitative estimate of drug-likeness (QED) is 0.622. The Labute approximate surface area is 85.9 Å². The van der Waals surface area contributed by atoms with E-state index in [9.17, 15) is 4.79 Å². The Morgan fingerprint density at radius 3 is 2.21 bits per heavy atom. The molecule has 0 heterocycles. The van der Waals surface area contributed by atoms with Gasteiger partial charge in [0.15, 0.2) is 0 Å². The van der Waals surface area contributed by atoms with Crippen LogP contribution >= 0.6 is 0 Å². The molecule has 14 heavy (non-hydrogen) atoms. The van der Waals surface area contributed by atoms with E-state index in [1.54, 1.807) is 7.11 Å². The molecule has 0 unspecified atom stereocenters. The summed E-state index contributed by atoms with van der Waals surface area (Å²) in [4.78, 5) is 9.87. The van der Waals surface area contributed by atoms with E-state index in [0.29, 0.717) is 13.0 Å². The Bertz CT molecular complexity index is 111. The average molecular weight is 206 g/mol. The molecule has 0 rings (SSSR count). The largest absolute Gasteiger partial charge is 0.481 e. The lowest BCUT2D eigenvalue weighted by atomic mass is 10.2. The number of aliphatic carboxylic acids is 1. The fraction of sp³-hybridized carbons (Fsp3) is 0.900. The third-order valence-corrected chi connectivity index (χ3v) is 1.50. The lowest BCUT2D eigenvalue weighted by molar-refractivity contribution is -0.137. The maximum atomic E-state index is 9.87. The minimum atomic E-state index is -0.682. The molecule has 0 aliphatic rings. The van der Waals surface area contributed by atoms with Crippen molar-refractivity contribution in [2.24, 2.45) is 0 Å². The Balaban J connectivity index is 0. The number of hydrogen-bond donors (Lipinski definition) is 2. The molecule has 0 fully saturated rings. The van der Waals surface area contributed by atoms with Gasteiger partial charge in [-0.1, -0.05) is 19.8 Å². The first-order chi connectivity index (χ1) is 6.68. The van der Waals surface area contributed by atoms with E-state index in [4.69, 9.17) is 10.2 Å². The number of ether oxygens (including phenoxy) is 1. The van der Waals surface area contributed by atoms with Gasteiger partial charge in [-0.3, -0.25) is 4.79 Å². The van der Waals surface area contributed by atoms with Crippen LogP contribution in [0, 0.1) is 0 Å². The molecule has 0 aliphatic heterocycles. The van der Waals surface area contributed by atoms with Gasteiger partial charge in [-0.05, 0) is 12.8 Å². The van der Waals surface area contributed by atoms with Gasteiger partial charge in [0.05, 0.1) is 0 Å². The van der Waals surface area contributed by atoms with Crippen molar-refractivity contribution in [1.29, 1.82) is 0 Å². The van der Waals surface area contributed by atoms with Gasteiger partial charge in [-0.25, -0.2) is 0 Å². The summed E-state index contributed by atoms with van der Waals surface area (Å²) in [6.07, 6.45) is 4.02. The van der Waals surface area contributed by atoms with Crippen LogP contribution in [-0.2, 0) is 9.53 Å². The van der Waals surface area contributed by atoms with Gasteiger partial charge in [0.1, 0.15) is 0 Å². The van der Waals surface area contributed by atoms with Gasteiger partial charge in [-0.2, -0.15) is 0 Å². The number of unbranched alkanes of at least 4 members (excludes halogenated alkanes) is 2. The van der Waals surface area contributed by atoms with E-state index >= 15 is 0 Å². The smallest absolute Gasteiger partial charge is 0.303 e.